The molecule has 0 spiro atoms. The van der Waals surface area contributed by atoms with E-state index in [-0.39, 0.29) is 5.41 Å². The summed E-state index contributed by atoms with van der Waals surface area (Å²) in [5.41, 5.74) is 5.59. The fourth-order valence-corrected chi connectivity index (χ4v) is 3.22. The summed E-state index contributed by atoms with van der Waals surface area (Å²) in [5, 5.41) is 0. The first-order chi connectivity index (χ1) is 10.4. The predicted molar refractivity (Wildman–Crippen MR) is 86.7 cm³/mol. The first kappa shape index (κ1) is 13.6. The lowest BCUT2D eigenvalue weighted by Gasteiger charge is -2.17. The molecule has 0 amide bonds. The molecule has 3 aromatic carbocycles. The monoisotopic (exact) mass is 274 g/mol. The summed E-state index contributed by atoms with van der Waals surface area (Å²) in [7, 11) is 0. The molecule has 0 bridgehead atoms. The highest BCUT2D eigenvalue weighted by Gasteiger charge is 2.52. The summed E-state index contributed by atoms with van der Waals surface area (Å²) in [5.74, 6) is 8.00. The number of hydrogen-bond acceptors (Lipinski definition) is 2. The van der Waals surface area contributed by atoms with Crippen molar-refractivity contribution in [2.75, 3.05) is 0 Å². The molecular formula is C19H18N2. The van der Waals surface area contributed by atoms with Gasteiger partial charge in [-0.15, -0.1) is 0 Å². The molecule has 2 heteroatoms. The van der Waals surface area contributed by atoms with Gasteiger partial charge in [0.15, 0.2) is 0 Å². The molecule has 4 rings (SSSR count). The largest absolute Gasteiger partial charge is 0.274 e. The molecule has 0 saturated carbocycles. The van der Waals surface area contributed by atoms with Crippen LogP contribution in [0.15, 0.2) is 84.9 Å². The standard InChI is InChI=1S/C19H14.H4N2/c1-3-9-15(10-4-1)19(16-11-5-2-6-12-16)17-13-7-8-14-18(17)19;1-2/h1-14H;1-2H2. The Balaban J connectivity index is 0.000000636. The molecule has 0 unspecified atom stereocenters. The number of hydrogen-bond donors (Lipinski definition) is 2. The Morgan fingerprint density at radius 3 is 1.19 bits per heavy atom. The van der Waals surface area contributed by atoms with Crippen molar-refractivity contribution in [3.63, 3.8) is 0 Å². The lowest BCUT2D eigenvalue weighted by atomic mass is 9.84. The fourth-order valence-electron chi connectivity index (χ4n) is 3.22. The van der Waals surface area contributed by atoms with Crippen molar-refractivity contribution in [2.24, 2.45) is 11.7 Å². The number of nitrogens with two attached hydrogens (primary N) is 2. The molecule has 104 valence electrons. The van der Waals surface area contributed by atoms with Gasteiger partial charge in [-0.1, -0.05) is 84.9 Å². The fraction of sp³-hybridized carbons (Fsp3) is 0.0526. The maximum Gasteiger partial charge on any atom is 0.0708 e. The van der Waals surface area contributed by atoms with E-state index in [9.17, 15) is 0 Å². The zero-order chi connectivity index (χ0) is 14.7. The molecule has 3 aromatic rings. The van der Waals surface area contributed by atoms with Crippen LogP contribution in [0.5, 0.6) is 0 Å². The van der Waals surface area contributed by atoms with Crippen molar-refractivity contribution in [3.8, 4) is 0 Å². The molecule has 0 aliphatic heterocycles. The third kappa shape index (κ3) is 1.97. The Morgan fingerprint density at radius 2 is 0.810 bits per heavy atom. The van der Waals surface area contributed by atoms with Gasteiger partial charge in [-0.05, 0) is 22.3 Å². The van der Waals surface area contributed by atoms with Crippen molar-refractivity contribution < 1.29 is 0 Å². The van der Waals surface area contributed by atoms with E-state index in [0.29, 0.717) is 0 Å². The molecule has 0 fully saturated rings. The number of fused-ring (bicyclic) bond motifs is 1. The summed E-state index contributed by atoms with van der Waals surface area (Å²) in [4.78, 5) is 0. The lowest BCUT2D eigenvalue weighted by molar-refractivity contribution is 0.913. The summed E-state index contributed by atoms with van der Waals surface area (Å²) in [6, 6.07) is 30.3. The normalized spacial score (nSPS) is 13.6. The van der Waals surface area contributed by atoms with E-state index in [1.165, 1.54) is 22.3 Å². The second-order valence-corrected chi connectivity index (χ2v) is 5.03. The average Bonchev–Trinajstić information content (AvgIpc) is 3.28. The summed E-state index contributed by atoms with van der Waals surface area (Å²) in [6.07, 6.45) is 0. The quantitative estimate of drug-likeness (QED) is 0.435. The molecule has 0 aromatic heterocycles. The van der Waals surface area contributed by atoms with Crippen LogP contribution in [-0.4, -0.2) is 0 Å². The van der Waals surface area contributed by atoms with Gasteiger partial charge in [0.1, 0.15) is 0 Å². The molecule has 4 N–H and O–H groups in total. The van der Waals surface area contributed by atoms with E-state index in [2.05, 4.69) is 96.6 Å². The van der Waals surface area contributed by atoms with E-state index in [1.54, 1.807) is 0 Å². The van der Waals surface area contributed by atoms with Crippen molar-refractivity contribution in [1.29, 1.82) is 0 Å². The third-order valence-corrected chi connectivity index (χ3v) is 4.09. The van der Waals surface area contributed by atoms with Gasteiger partial charge in [0.05, 0.1) is 5.41 Å². The minimum atomic E-state index is -0.00792. The van der Waals surface area contributed by atoms with Crippen LogP contribution in [-0.2, 0) is 5.41 Å². The first-order valence-corrected chi connectivity index (χ1v) is 6.98. The first-order valence-electron chi connectivity index (χ1n) is 6.98. The Morgan fingerprint density at radius 1 is 0.476 bits per heavy atom. The Kier molecular flexibility index (Phi) is 3.57. The molecule has 0 radical (unpaired) electrons. The molecule has 2 nitrogen and oxygen atoms in total. The van der Waals surface area contributed by atoms with Crippen LogP contribution < -0.4 is 11.7 Å². The van der Waals surface area contributed by atoms with Gasteiger partial charge in [-0.2, -0.15) is 0 Å². The summed E-state index contributed by atoms with van der Waals surface area (Å²) < 4.78 is 0. The van der Waals surface area contributed by atoms with E-state index in [0.717, 1.165) is 0 Å². The van der Waals surface area contributed by atoms with Gasteiger partial charge < -0.3 is 0 Å². The third-order valence-electron chi connectivity index (χ3n) is 4.09. The second-order valence-electron chi connectivity index (χ2n) is 5.03. The highest BCUT2D eigenvalue weighted by Crippen LogP contribution is 2.58. The molecular weight excluding hydrogens is 256 g/mol. The van der Waals surface area contributed by atoms with Gasteiger partial charge >= 0.3 is 0 Å². The van der Waals surface area contributed by atoms with E-state index >= 15 is 0 Å². The van der Waals surface area contributed by atoms with Gasteiger partial charge in [0.2, 0.25) is 0 Å². The highest BCUT2D eigenvalue weighted by atomic mass is 15.0. The van der Waals surface area contributed by atoms with Crippen LogP contribution in [0.3, 0.4) is 0 Å². The van der Waals surface area contributed by atoms with E-state index in [1.807, 2.05) is 0 Å². The minimum Gasteiger partial charge on any atom is -0.274 e. The lowest BCUT2D eigenvalue weighted by Crippen LogP contribution is -2.12. The Bertz CT molecular complexity index is 656. The topological polar surface area (TPSA) is 52.0 Å². The summed E-state index contributed by atoms with van der Waals surface area (Å²) in [6.45, 7) is 0. The molecule has 1 aliphatic rings. The van der Waals surface area contributed by atoms with Crippen LogP contribution in [0.25, 0.3) is 0 Å². The smallest absolute Gasteiger partial charge is 0.0708 e. The van der Waals surface area contributed by atoms with Gasteiger partial charge in [0, 0.05) is 0 Å². The molecule has 0 saturated heterocycles. The molecule has 1 aliphatic carbocycles. The van der Waals surface area contributed by atoms with Gasteiger partial charge in [-0.25, -0.2) is 0 Å². The SMILES string of the molecule is NN.c1ccc(C2(c3ccccc3)c3ccccc32)cc1. The van der Waals surface area contributed by atoms with E-state index in [4.69, 9.17) is 0 Å². The Labute approximate surface area is 125 Å². The predicted octanol–water partition coefficient (Wildman–Crippen LogP) is 3.20. The van der Waals surface area contributed by atoms with Crippen LogP contribution in [0, 0.1) is 0 Å². The minimum absolute atomic E-state index is 0.00792. The zero-order valence-corrected chi connectivity index (χ0v) is 11.7. The maximum absolute atomic E-state index is 4.00. The van der Waals surface area contributed by atoms with E-state index < -0.39 is 0 Å². The van der Waals surface area contributed by atoms with Crippen LogP contribution >= 0.6 is 0 Å². The molecule has 21 heavy (non-hydrogen) atoms. The van der Waals surface area contributed by atoms with Crippen LogP contribution in [0.2, 0.25) is 0 Å². The van der Waals surface area contributed by atoms with Crippen molar-refractivity contribution in [2.45, 2.75) is 5.41 Å². The maximum atomic E-state index is 4.00. The Hall–Kier alpha value is -2.42. The van der Waals surface area contributed by atoms with Crippen LogP contribution in [0.1, 0.15) is 22.3 Å². The number of hydrazine groups is 1. The van der Waals surface area contributed by atoms with Crippen molar-refractivity contribution in [1.82, 2.24) is 0 Å². The van der Waals surface area contributed by atoms with Gasteiger partial charge in [-0.3, -0.25) is 11.7 Å². The molecule has 0 heterocycles. The molecule has 0 atom stereocenters. The van der Waals surface area contributed by atoms with Crippen LogP contribution in [0.4, 0.5) is 0 Å². The number of rotatable bonds is 2. The zero-order valence-electron chi connectivity index (χ0n) is 11.7. The van der Waals surface area contributed by atoms with Crippen molar-refractivity contribution >= 4 is 0 Å². The summed E-state index contributed by atoms with van der Waals surface area (Å²) >= 11 is 0. The van der Waals surface area contributed by atoms with Crippen molar-refractivity contribution in [3.05, 3.63) is 107 Å². The number of benzene rings is 3. The second kappa shape index (κ2) is 5.52. The van der Waals surface area contributed by atoms with Gasteiger partial charge in [0.25, 0.3) is 0 Å². The average molecular weight is 274 g/mol. The highest BCUT2D eigenvalue weighted by molar-refractivity contribution is 5.74.